The SMILES string of the molecule is CCOC(=O)CC(Cc1nc(CP(Br)(c2ccccc2)(c2ccccc2)c2ccccc2)co1)c1ccccc1. The number of carbonyl (C=O) groups is 1. The Morgan fingerprint density at radius 1 is 0.800 bits per heavy atom. The summed E-state index contributed by atoms with van der Waals surface area (Å²) in [6, 6.07) is 42.0. The van der Waals surface area contributed by atoms with Gasteiger partial charge in [-0.3, -0.25) is 0 Å². The molecule has 0 radical (unpaired) electrons. The van der Waals surface area contributed by atoms with Crippen molar-refractivity contribution in [3.8, 4) is 0 Å². The van der Waals surface area contributed by atoms with E-state index in [4.69, 9.17) is 14.1 Å². The molecule has 5 rings (SSSR count). The van der Waals surface area contributed by atoms with Crippen molar-refractivity contribution in [3.05, 3.63) is 145 Å². The van der Waals surface area contributed by atoms with Gasteiger partial charge in [-0.15, -0.1) is 0 Å². The molecule has 0 saturated heterocycles. The Balaban J connectivity index is 1.56. The number of esters is 1. The zero-order valence-corrected chi connectivity index (χ0v) is 25.0. The summed E-state index contributed by atoms with van der Waals surface area (Å²) in [6.07, 6.45) is 3.19. The number of aromatic nitrogens is 1. The van der Waals surface area contributed by atoms with Crippen LogP contribution in [0.5, 0.6) is 0 Å². The van der Waals surface area contributed by atoms with Crippen LogP contribution in [-0.2, 0) is 22.1 Å². The third-order valence-electron chi connectivity index (χ3n) is 7.35. The number of oxazole rings is 1. The zero-order chi connectivity index (χ0) is 27.9. The van der Waals surface area contributed by atoms with Gasteiger partial charge < -0.3 is 0 Å². The molecule has 4 nitrogen and oxygen atoms in total. The summed E-state index contributed by atoms with van der Waals surface area (Å²) >= 11 is 4.49. The second-order valence-corrected chi connectivity index (χ2v) is 18.8. The van der Waals surface area contributed by atoms with Gasteiger partial charge in [0.15, 0.2) is 0 Å². The maximum absolute atomic E-state index is 12.4. The maximum atomic E-state index is 12.4. The molecular weight excluding hydrogens is 581 g/mol. The van der Waals surface area contributed by atoms with Crippen LogP contribution in [0.15, 0.2) is 132 Å². The molecule has 4 aromatic carbocycles. The molecule has 1 aromatic heterocycles. The quantitative estimate of drug-likeness (QED) is 0.116. The first-order valence-electron chi connectivity index (χ1n) is 13.5. The fourth-order valence-electron chi connectivity index (χ4n) is 5.42. The zero-order valence-electron chi connectivity index (χ0n) is 22.5. The van der Waals surface area contributed by atoms with Crippen LogP contribution in [0.2, 0.25) is 0 Å². The molecular formula is C34H33BrNO3P. The number of nitrogens with zero attached hydrogens (tertiary/aromatic N) is 1. The van der Waals surface area contributed by atoms with E-state index in [9.17, 15) is 4.79 Å². The van der Waals surface area contributed by atoms with Crippen molar-refractivity contribution in [1.82, 2.24) is 4.98 Å². The van der Waals surface area contributed by atoms with Crippen LogP contribution in [-0.4, -0.2) is 17.6 Å². The minimum atomic E-state index is -3.20. The Labute approximate surface area is 244 Å². The Hall–Kier alpha value is -3.53. The molecule has 0 amide bonds. The van der Waals surface area contributed by atoms with Crippen LogP contribution < -0.4 is 15.9 Å². The molecule has 0 spiro atoms. The number of carbonyl (C=O) groups excluding carboxylic acids is 1. The Kier molecular flexibility index (Phi) is 8.63. The minimum absolute atomic E-state index is 0.0942. The van der Waals surface area contributed by atoms with Gasteiger partial charge in [-0.05, 0) is 0 Å². The molecule has 6 heteroatoms. The second kappa shape index (κ2) is 12.3. The molecule has 0 fully saturated rings. The molecule has 0 saturated carbocycles. The van der Waals surface area contributed by atoms with Crippen LogP contribution in [0, 0.1) is 0 Å². The summed E-state index contributed by atoms with van der Waals surface area (Å²) in [5.74, 6) is 0.300. The average Bonchev–Trinajstić information content (AvgIpc) is 3.45. The van der Waals surface area contributed by atoms with Crippen LogP contribution in [0.4, 0.5) is 0 Å². The second-order valence-electron chi connectivity index (χ2n) is 9.90. The summed E-state index contributed by atoms with van der Waals surface area (Å²) in [4.78, 5) is 17.5. The molecule has 1 unspecified atom stereocenters. The van der Waals surface area contributed by atoms with E-state index in [0.29, 0.717) is 25.1 Å². The summed E-state index contributed by atoms with van der Waals surface area (Å²) in [5, 5.41) is 0.468. The number of ether oxygens (including phenoxy) is 1. The molecule has 0 aliphatic rings. The van der Waals surface area contributed by atoms with Crippen LogP contribution in [0.25, 0.3) is 0 Å². The number of hydrogen-bond donors (Lipinski definition) is 0. The topological polar surface area (TPSA) is 52.3 Å². The average molecular weight is 615 g/mol. The summed E-state index contributed by atoms with van der Waals surface area (Å²) in [6.45, 7) is 2.19. The normalized spacial score (nSPS) is 13.2. The van der Waals surface area contributed by atoms with E-state index in [0.717, 1.165) is 11.3 Å². The summed E-state index contributed by atoms with van der Waals surface area (Å²) in [7, 11) is 0. The number of benzene rings is 4. The van der Waals surface area contributed by atoms with Gasteiger partial charge in [0.25, 0.3) is 0 Å². The number of hydrogen-bond acceptors (Lipinski definition) is 4. The van der Waals surface area contributed by atoms with E-state index in [1.54, 1.807) is 6.26 Å². The van der Waals surface area contributed by atoms with E-state index in [1.165, 1.54) is 15.9 Å². The standard InChI is InChI=1S/C34H33BrNO3P/c1-2-38-34(37)24-28(27-15-7-3-8-16-27)23-33-36-29(25-39-33)26-40(35,30-17-9-4-10-18-30,31-19-11-5-12-20-31)32-21-13-6-14-22-32/h3-22,25,28H,2,23-24,26H2,1H3. The van der Waals surface area contributed by atoms with Crippen molar-refractivity contribution in [2.75, 3.05) is 6.61 Å². The third kappa shape index (κ3) is 5.68. The summed E-state index contributed by atoms with van der Waals surface area (Å²) < 4.78 is 11.4. The first-order valence-corrected chi connectivity index (χ1v) is 18.0. The molecule has 40 heavy (non-hydrogen) atoms. The monoisotopic (exact) mass is 613 g/mol. The summed E-state index contributed by atoms with van der Waals surface area (Å²) in [5.41, 5.74) is 1.93. The van der Waals surface area contributed by atoms with E-state index in [1.807, 2.05) is 37.3 Å². The molecule has 1 heterocycles. The van der Waals surface area contributed by atoms with E-state index in [-0.39, 0.29) is 18.3 Å². The van der Waals surface area contributed by atoms with Gasteiger partial charge in [-0.1, -0.05) is 0 Å². The predicted molar refractivity (Wildman–Crippen MR) is 168 cm³/mol. The van der Waals surface area contributed by atoms with Gasteiger partial charge in [0, 0.05) is 0 Å². The fourth-order valence-corrected chi connectivity index (χ4v) is 12.9. The van der Waals surface area contributed by atoms with E-state index < -0.39 is 5.31 Å². The molecule has 0 aliphatic carbocycles. The van der Waals surface area contributed by atoms with Gasteiger partial charge in [0.2, 0.25) is 0 Å². The van der Waals surface area contributed by atoms with Crippen molar-refractivity contribution in [2.24, 2.45) is 0 Å². The van der Waals surface area contributed by atoms with Gasteiger partial charge in [0.1, 0.15) is 0 Å². The van der Waals surface area contributed by atoms with Gasteiger partial charge in [-0.25, -0.2) is 0 Å². The van der Waals surface area contributed by atoms with Crippen molar-refractivity contribution < 1.29 is 13.9 Å². The van der Waals surface area contributed by atoms with Crippen molar-refractivity contribution in [2.45, 2.75) is 31.8 Å². The predicted octanol–water partition coefficient (Wildman–Crippen LogP) is 7.29. The fraction of sp³-hybridized carbons (Fsp3) is 0.176. The Morgan fingerprint density at radius 2 is 1.27 bits per heavy atom. The molecule has 0 bridgehead atoms. The first kappa shape index (κ1) is 28.0. The Bertz CT molecular complexity index is 1430. The molecule has 5 aromatic rings. The molecule has 1 atom stereocenters. The van der Waals surface area contributed by atoms with E-state index in [2.05, 4.69) is 106 Å². The van der Waals surface area contributed by atoms with E-state index >= 15 is 0 Å². The van der Waals surface area contributed by atoms with Crippen LogP contribution in [0.3, 0.4) is 0 Å². The van der Waals surface area contributed by atoms with Crippen molar-refractivity contribution in [3.63, 3.8) is 0 Å². The Morgan fingerprint density at radius 3 is 1.75 bits per heavy atom. The first-order chi connectivity index (χ1) is 19.5. The molecule has 0 N–H and O–H groups in total. The molecule has 204 valence electrons. The molecule has 0 aliphatic heterocycles. The van der Waals surface area contributed by atoms with Gasteiger partial charge in [-0.2, -0.15) is 0 Å². The number of halogens is 1. The number of rotatable bonds is 11. The van der Waals surface area contributed by atoms with Crippen LogP contribution in [0.1, 0.15) is 36.4 Å². The van der Waals surface area contributed by atoms with Crippen LogP contribution >= 0.6 is 20.8 Å². The van der Waals surface area contributed by atoms with Crippen molar-refractivity contribution in [1.29, 1.82) is 0 Å². The van der Waals surface area contributed by atoms with Gasteiger partial charge >= 0.3 is 245 Å². The van der Waals surface area contributed by atoms with Gasteiger partial charge in [0.05, 0.1) is 0 Å². The van der Waals surface area contributed by atoms with Crippen molar-refractivity contribution >= 4 is 42.7 Å². The third-order valence-corrected chi connectivity index (χ3v) is 16.8.